The molecule has 14 nitrogen and oxygen atoms in total. The highest BCUT2D eigenvalue weighted by molar-refractivity contribution is 7.80. The zero-order valence-electron chi connectivity index (χ0n) is 28.3. The number of allylic oxidation sites excluding steroid dienone is 2. The molecule has 0 aromatic carbocycles. The molecule has 48 heavy (non-hydrogen) atoms. The molecular weight excluding hydrogens is 652 g/mol. The summed E-state index contributed by atoms with van der Waals surface area (Å²) in [7, 11) is -4.57. The van der Waals surface area contributed by atoms with E-state index < -0.39 is 106 Å². The fraction of sp³-hybridized carbons (Fsp3) is 0.939. The van der Waals surface area contributed by atoms with E-state index in [-0.39, 0.29) is 37.4 Å². The molecule has 4 saturated carbocycles. The second kappa shape index (κ2) is 13.6. The van der Waals surface area contributed by atoms with Crippen LogP contribution in [0.5, 0.6) is 0 Å². The van der Waals surface area contributed by atoms with Crippen molar-refractivity contribution in [1.82, 2.24) is 0 Å². The normalized spacial score (nSPS) is 51.5. The summed E-state index contributed by atoms with van der Waals surface area (Å²) in [6.07, 6.45) is -5.35. The first-order valence-corrected chi connectivity index (χ1v) is 18.6. The maximum atomic E-state index is 12.7. The van der Waals surface area contributed by atoms with Gasteiger partial charge in [-0.05, 0) is 78.4 Å². The van der Waals surface area contributed by atoms with Gasteiger partial charge >= 0.3 is 10.4 Å². The predicted molar refractivity (Wildman–Crippen MR) is 169 cm³/mol. The Bertz CT molecular complexity index is 1280. The molecule has 0 aromatic heterocycles. The molecule has 1 heterocycles. The second-order valence-corrected chi connectivity index (χ2v) is 17.2. The van der Waals surface area contributed by atoms with Gasteiger partial charge in [-0.3, -0.25) is 4.55 Å². The Hall–Kier alpha value is -0.790. The SMILES string of the molecule is CC(C=CC(C)C1C(O)C(O)C2C1(C)CCC1C3(C)CCC(OC4OCC(O)C(O)C4O)CC3C(O)C(O)C12O)C(C)COS(=O)(=O)O. The molecule has 0 bridgehead atoms. The Morgan fingerprint density at radius 2 is 1.52 bits per heavy atom. The van der Waals surface area contributed by atoms with Gasteiger partial charge in [-0.15, -0.1) is 0 Å². The summed E-state index contributed by atoms with van der Waals surface area (Å²) in [5.74, 6) is -3.19. The van der Waals surface area contributed by atoms with E-state index in [1.165, 1.54) is 0 Å². The summed E-state index contributed by atoms with van der Waals surface area (Å²) in [4.78, 5) is 0. The van der Waals surface area contributed by atoms with Crippen molar-refractivity contribution >= 4 is 10.4 Å². The van der Waals surface area contributed by atoms with E-state index in [2.05, 4.69) is 4.18 Å². The van der Waals surface area contributed by atoms with Crippen molar-refractivity contribution in [2.75, 3.05) is 13.2 Å². The standard InChI is InChI=1S/C33H56O14S/c1-15(17(3)13-46-48(42,43)44)6-7-16(2)22-25(37)26(38)28-32(22,5)11-9-21-31(4)10-8-18(12-19(31)23(35)29(40)33(21,28)41)47-30-27(39)24(36)20(34)14-45-30/h6-7,15-30,34-41H,8-14H2,1-5H3,(H,42,43,44). The molecule has 278 valence electrons. The minimum Gasteiger partial charge on any atom is -0.390 e. The molecule has 15 heteroatoms. The van der Waals surface area contributed by atoms with Crippen LogP contribution in [0, 0.1) is 52.3 Å². The van der Waals surface area contributed by atoms with Crippen molar-refractivity contribution in [1.29, 1.82) is 0 Å². The summed E-state index contributed by atoms with van der Waals surface area (Å²) in [6.45, 7) is 9.04. The molecule has 0 radical (unpaired) electrons. The van der Waals surface area contributed by atoms with Crippen LogP contribution in [0.4, 0.5) is 0 Å². The topological polar surface area (TPSA) is 244 Å². The van der Waals surface area contributed by atoms with E-state index in [0.717, 1.165) is 0 Å². The molecule has 0 amide bonds. The predicted octanol–water partition coefficient (Wildman–Crippen LogP) is -0.248. The van der Waals surface area contributed by atoms with Crippen LogP contribution in [0.2, 0.25) is 0 Å². The van der Waals surface area contributed by atoms with Gasteiger partial charge in [0.25, 0.3) is 0 Å². The van der Waals surface area contributed by atoms with Gasteiger partial charge < -0.3 is 50.3 Å². The number of aliphatic hydroxyl groups is 8. The van der Waals surface area contributed by atoms with Crippen LogP contribution in [0.25, 0.3) is 0 Å². The molecule has 1 aliphatic heterocycles. The third-order valence-electron chi connectivity index (χ3n) is 13.4. The van der Waals surface area contributed by atoms with Crippen LogP contribution in [0.15, 0.2) is 12.2 Å². The molecule has 5 aliphatic rings. The second-order valence-electron chi connectivity index (χ2n) is 16.1. The number of hydrogen-bond acceptors (Lipinski definition) is 13. The quantitative estimate of drug-likeness (QED) is 0.0853. The van der Waals surface area contributed by atoms with Gasteiger partial charge in [0.05, 0.1) is 37.6 Å². The lowest BCUT2D eigenvalue weighted by atomic mass is 9.41. The molecular formula is C33H56O14S. The molecule has 5 rings (SSSR count). The number of ether oxygens (including phenoxy) is 2. The van der Waals surface area contributed by atoms with Gasteiger partial charge in [0.15, 0.2) is 6.29 Å². The highest BCUT2D eigenvalue weighted by atomic mass is 32.3. The summed E-state index contributed by atoms with van der Waals surface area (Å²) < 4.78 is 46.9. The number of rotatable bonds is 9. The fourth-order valence-electron chi connectivity index (χ4n) is 10.6. The first-order valence-electron chi connectivity index (χ1n) is 17.2. The minimum absolute atomic E-state index is 0.155. The minimum atomic E-state index is -4.57. The van der Waals surface area contributed by atoms with Crippen molar-refractivity contribution in [3.05, 3.63) is 12.2 Å². The maximum Gasteiger partial charge on any atom is 0.397 e. The van der Waals surface area contributed by atoms with Crippen molar-refractivity contribution in [3.8, 4) is 0 Å². The van der Waals surface area contributed by atoms with Gasteiger partial charge in [0.1, 0.15) is 30.0 Å². The lowest BCUT2D eigenvalue weighted by molar-refractivity contribution is -0.321. The van der Waals surface area contributed by atoms with E-state index >= 15 is 0 Å². The first-order chi connectivity index (χ1) is 22.2. The van der Waals surface area contributed by atoms with Crippen LogP contribution in [0.3, 0.4) is 0 Å². The Balaban J connectivity index is 1.34. The van der Waals surface area contributed by atoms with Crippen LogP contribution in [-0.4, -0.2) is 128 Å². The smallest absolute Gasteiger partial charge is 0.390 e. The molecule has 9 N–H and O–H groups in total. The molecule has 5 fully saturated rings. The van der Waals surface area contributed by atoms with Crippen LogP contribution in [0.1, 0.15) is 66.7 Å². The lowest BCUT2D eigenvalue weighted by Crippen LogP contribution is -2.75. The average molecular weight is 709 g/mol. The molecule has 0 spiro atoms. The van der Waals surface area contributed by atoms with Crippen molar-refractivity contribution in [3.63, 3.8) is 0 Å². The van der Waals surface area contributed by atoms with Crippen molar-refractivity contribution in [2.45, 2.75) is 127 Å². The van der Waals surface area contributed by atoms with E-state index in [9.17, 15) is 49.3 Å². The van der Waals surface area contributed by atoms with Crippen LogP contribution >= 0.6 is 0 Å². The van der Waals surface area contributed by atoms with Gasteiger partial charge in [-0.2, -0.15) is 8.42 Å². The summed E-state index contributed by atoms with van der Waals surface area (Å²) >= 11 is 0. The maximum absolute atomic E-state index is 12.7. The number of aliphatic hydroxyl groups excluding tert-OH is 7. The Kier molecular flexibility index (Phi) is 10.9. The Morgan fingerprint density at radius 3 is 2.17 bits per heavy atom. The van der Waals surface area contributed by atoms with Gasteiger partial charge in [0.2, 0.25) is 0 Å². The summed E-state index contributed by atoms with van der Waals surface area (Å²) in [5, 5.41) is 89.6. The highest BCUT2D eigenvalue weighted by Gasteiger charge is 2.75. The van der Waals surface area contributed by atoms with E-state index in [1.807, 2.05) is 39.8 Å². The summed E-state index contributed by atoms with van der Waals surface area (Å²) in [5.41, 5.74) is -3.40. The lowest BCUT2D eigenvalue weighted by Gasteiger charge is -2.67. The van der Waals surface area contributed by atoms with E-state index in [4.69, 9.17) is 14.0 Å². The van der Waals surface area contributed by atoms with Crippen LogP contribution < -0.4 is 0 Å². The average Bonchev–Trinajstić information content (AvgIpc) is 3.22. The Morgan fingerprint density at radius 1 is 0.875 bits per heavy atom. The fourth-order valence-corrected chi connectivity index (χ4v) is 11.0. The van der Waals surface area contributed by atoms with E-state index in [0.29, 0.717) is 25.7 Å². The summed E-state index contributed by atoms with van der Waals surface area (Å²) in [6, 6.07) is 0. The molecule has 19 unspecified atom stereocenters. The molecule has 19 atom stereocenters. The first kappa shape index (κ1) is 38.4. The van der Waals surface area contributed by atoms with Crippen LogP contribution in [-0.2, 0) is 24.1 Å². The zero-order chi connectivity index (χ0) is 35.7. The largest absolute Gasteiger partial charge is 0.397 e. The van der Waals surface area contributed by atoms with E-state index in [1.54, 1.807) is 6.92 Å². The number of hydrogen-bond donors (Lipinski definition) is 9. The van der Waals surface area contributed by atoms with Crippen molar-refractivity contribution < 1.29 is 67.5 Å². The van der Waals surface area contributed by atoms with Gasteiger partial charge in [-0.25, -0.2) is 4.18 Å². The molecule has 0 aromatic rings. The van der Waals surface area contributed by atoms with Crippen molar-refractivity contribution in [2.24, 2.45) is 52.3 Å². The third-order valence-corrected chi connectivity index (χ3v) is 13.8. The number of fused-ring (bicyclic) bond motifs is 5. The van der Waals surface area contributed by atoms with Gasteiger partial charge in [0, 0.05) is 5.92 Å². The van der Waals surface area contributed by atoms with Gasteiger partial charge in [-0.1, -0.05) is 46.8 Å². The third kappa shape index (κ3) is 6.43. The molecule has 1 saturated heterocycles. The zero-order valence-corrected chi connectivity index (χ0v) is 29.1. The highest BCUT2D eigenvalue weighted by Crippen LogP contribution is 2.69. The Labute approximate surface area is 282 Å². The monoisotopic (exact) mass is 708 g/mol. The molecule has 4 aliphatic carbocycles.